The van der Waals surface area contributed by atoms with E-state index in [0.717, 1.165) is 11.3 Å². The van der Waals surface area contributed by atoms with Gasteiger partial charge in [-0.3, -0.25) is 9.59 Å². The summed E-state index contributed by atoms with van der Waals surface area (Å²) in [5, 5.41) is 9.02. The van der Waals surface area contributed by atoms with Gasteiger partial charge in [-0.05, 0) is 37.8 Å². The zero-order valence-corrected chi connectivity index (χ0v) is 13.1. The fourth-order valence-electron chi connectivity index (χ4n) is 2.70. The molecular formula is C17H23NO4. The molecule has 0 bridgehead atoms. The van der Waals surface area contributed by atoms with E-state index in [0.29, 0.717) is 32.4 Å². The molecule has 5 nitrogen and oxygen atoms in total. The number of carboxylic acids is 1. The fraction of sp³-hybridized carbons (Fsp3) is 0.529. The van der Waals surface area contributed by atoms with Crippen molar-refractivity contribution in [1.29, 1.82) is 0 Å². The zero-order valence-electron chi connectivity index (χ0n) is 13.1. The summed E-state index contributed by atoms with van der Waals surface area (Å²) in [4.78, 5) is 25.3. The van der Waals surface area contributed by atoms with E-state index < -0.39 is 12.1 Å². The molecule has 2 rings (SSSR count). The number of carbonyl (C=O) groups excluding carboxylic acids is 1. The summed E-state index contributed by atoms with van der Waals surface area (Å²) < 4.78 is 5.88. The van der Waals surface area contributed by atoms with Crippen molar-refractivity contribution in [3.63, 3.8) is 0 Å². The molecule has 22 heavy (non-hydrogen) atoms. The van der Waals surface area contributed by atoms with E-state index in [-0.39, 0.29) is 11.8 Å². The summed E-state index contributed by atoms with van der Waals surface area (Å²) in [6.45, 7) is 4.85. The number of para-hydroxylation sites is 1. The number of likely N-dealkylation sites (tertiary alicyclic amines) is 1. The van der Waals surface area contributed by atoms with Crippen LogP contribution in [0, 0.1) is 12.8 Å². The monoisotopic (exact) mass is 305 g/mol. The van der Waals surface area contributed by atoms with Crippen LogP contribution in [-0.2, 0) is 9.59 Å². The van der Waals surface area contributed by atoms with Crippen LogP contribution < -0.4 is 4.74 Å². The highest BCUT2D eigenvalue weighted by atomic mass is 16.5. The Morgan fingerprint density at radius 1 is 1.32 bits per heavy atom. The third-order valence-corrected chi connectivity index (χ3v) is 4.16. The second-order valence-corrected chi connectivity index (χ2v) is 5.72. The van der Waals surface area contributed by atoms with Gasteiger partial charge in [0.2, 0.25) is 0 Å². The van der Waals surface area contributed by atoms with Crippen molar-refractivity contribution in [2.75, 3.05) is 13.1 Å². The van der Waals surface area contributed by atoms with Crippen LogP contribution in [-0.4, -0.2) is 41.1 Å². The number of aliphatic carboxylic acids is 1. The number of hydrogen-bond donors (Lipinski definition) is 1. The number of nitrogens with zero attached hydrogens (tertiary/aromatic N) is 1. The molecule has 1 aromatic rings. The van der Waals surface area contributed by atoms with Crippen molar-refractivity contribution in [2.45, 2.75) is 39.2 Å². The van der Waals surface area contributed by atoms with E-state index in [1.165, 1.54) is 0 Å². The molecule has 1 saturated heterocycles. The first kappa shape index (κ1) is 16.3. The summed E-state index contributed by atoms with van der Waals surface area (Å²) in [5.74, 6) is -0.422. The number of aryl methyl sites for hydroxylation is 1. The Hall–Kier alpha value is -2.04. The lowest BCUT2D eigenvalue weighted by molar-refractivity contribution is -0.147. The first-order chi connectivity index (χ1) is 10.5. The number of benzene rings is 1. The van der Waals surface area contributed by atoms with Gasteiger partial charge in [0.1, 0.15) is 5.75 Å². The zero-order chi connectivity index (χ0) is 16.1. The van der Waals surface area contributed by atoms with Crippen LogP contribution in [0.3, 0.4) is 0 Å². The molecule has 1 unspecified atom stereocenters. The maximum atomic E-state index is 12.6. The van der Waals surface area contributed by atoms with E-state index in [9.17, 15) is 9.59 Å². The molecule has 0 saturated carbocycles. The molecule has 1 amide bonds. The van der Waals surface area contributed by atoms with Crippen LogP contribution >= 0.6 is 0 Å². The number of amides is 1. The van der Waals surface area contributed by atoms with E-state index in [2.05, 4.69) is 0 Å². The van der Waals surface area contributed by atoms with E-state index in [1.807, 2.05) is 38.1 Å². The van der Waals surface area contributed by atoms with Gasteiger partial charge in [0.15, 0.2) is 6.10 Å². The van der Waals surface area contributed by atoms with Crippen LogP contribution in [0.1, 0.15) is 31.7 Å². The van der Waals surface area contributed by atoms with Crippen molar-refractivity contribution >= 4 is 11.9 Å². The summed E-state index contributed by atoms with van der Waals surface area (Å²) in [5.41, 5.74) is 0.998. The van der Waals surface area contributed by atoms with Crippen LogP contribution in [0.4, 0.5) is 0 Å². The first-order valence-electron chi connectivity index (χ1n) is 7.76. The molecule has 5 heteroatoms. The molecular weight excluding hydrogens is 282 g/mol. The highest BCUT2D eigenvalue weighted by Gasteiger charge is 2.31. The van der Waals surface area contributed by atoms with Crippen LogP contribution in [0.5, 0.6) is 5.75 Å². The van der Waals surface area contributed by atoms with Gasteiger partial charge < -0.3 is 14.7 Å². The lowest BCUT2D eigenvalue weighted by Crippen LogP contribution is -2.46. The minimum Gasteiger partial charge on any atom is -0.481 e. The van der Waals surface area contributed by atoms with Crippen LogP contribution in [0.25, 0.3) is 0 Å². The Morgan fingerprint density at radius 2 is 1.95 bits per heavy atom. The number of ether oxygens (including phenoxy) is 1. The van der Waals surface area contributed by atoms with Crippen molar-refractivity contribution in [3.05, 3.63) is 29.8 Å². The highest BCUT2D eigenvalue weighted by molar-refractivity contribution is 5.81. The second-order valence-electron chi connectivity index (χ2n) is 5.72. The number of carboxylic acid groups (broad SMARTS) is 1. The van der Waals surface area contributed by atoms with Gasteiger partial charge in [-0.2, -0.15) is 0 Å². The molecule has 0 aliphatic carbocycles. The average molecular weight is 305 g/mol. The Morgan fingerprint density at radius 3 is 2.50 bits per heavy atom. The Bertz CT molecular complexity index is 535. The lowest BCUT2D eigenvalue weighted by Gasteiger charge is -2.32. The molecule has 0 aromatic heterocycles. The number of hydrogen-bond acceptors (Lipinski definition) is 3. The van der Waals surface area contributed by atoms with Crippen LogP contribution in [0.15, 0.2) is 24.3 Å². The standard InChI is InChI=1S/C17H23NO4/c1-3-14(22-15-7-5-4-6-12(15)2)16(19)18-10-8-13(9-11-18)17(20)21/h4-7,13-14H,3,8-11H2,1-2H3,(H,20,21). The topological polar surface area (TPSA) is 66.8 Å². The molecule has 1 heterocycles. The highest BCUT2D eigenvalue weighted by Crippen LogP contribution is 2.22. The fourth-order valence-corrected chi connectivity index (χ4v) is 2.70. The summed E-state index contributed by atoms with van der Waals surface area (Å²) in [7, 11) is 0. The molecule has 1 aromatic carbocycles. The molecule has 0 spiro atoms. The Labute approximate surface area is 130 Å². The minimum atomic E-state index is -0.768. The normalized spacial score (nSPS) is 17.1. The quantitative estimate of drug-likeness (QED) is 0.907. The van der Waals surface area contributed by atoms with Gasteiger partial charge >= 0.3 is 5.97 Å². The SMILES string of the molecule is CCC(Oc1ccccc1C)C(=O)N1CCC(C(=O)O)CC1. The van der Waals surface area contributed by atoms with E-state index >= 15 is 0 Å². The maximum Gasteiger partial charge on any atom is 0.306 e. The van der Waals surface area contributed by atoms with Crippen molar-refractivity contribution in [3.8, 4) is 5.75 Å². The Kier molecular flexibility index (Phi) is 5.41. The van der Waals surface area contributed by atoms with Gasteiger partial charge in [-0.25, -0.2) is 0 Å². The largest absolute Gasteiger partial charge is 0.481 e. The third-order valence-electron chi connectivity index (χ3n) is 4.16. The number of rotatable bonds is 5. The van der Waals surface area contributed by atoms with E-state index in [1.54, 1.807) is 4.90 Å². The van der Waals surface area contributed by atoms with Crippen molar-refractivity contribution in [2.24, 2.45) is 5.92 Å². The Balaban J connectivity index is 1.98. The molecule has 1 N–H and O–H groups in total. The first-order valence-corrected chi connectivity index (χ1v) is 7.76. The second kappa shape index (κ2) is 7.29. The third kappa shape index (κ3) is 3.78. The summed E-state index contributed by atoms with van der Waals surface area (Å²) in [6, 6.07) is 7.63. The number of carbonyl (C=O) groups is 2. The number of piperidine rings is 1. The van der Waals surface area contributed by atoms with Crippen molar-refractivity contribution < 1.29 is 19.4 Å². The predicted octanol–water partition coefficient (Wildman–Crippen LogP) is 2.48. The van der Waals surface area contributed by atoms with E-state index in [4.69, 9.17) is 9.84 Å². The minimum absolute atomic E-state index is 0.0467. The molecule has 1 atom stereocenters. The smallest absolute Gasteiger partial charge is 0.306 e. The molecule has 1 aliphatic heterocycles. The summed E-state index contributed by atoms with van der Waals surface area (Å²) >= 11 is 0. The molecule has 1 fully saturated rings. The molecule has 120 valence electrons. The lowest BCUT2D eigenvalue weighted by atomic mass is 9.96. The molecule has 1 aliphatic rings. The van der Waals surface area contributed by atoms with Crippen LogP contribution in [0.2, 0.25) is 0 Å². The maximum absolute atomic E-state index is 12.6. The van der Waals surface area contributed by atoms with Gasteiger partial charge in [0, 0.05) is 13.1 Å². The van der Waals surface area contributed by atoms with Gasteiger partial charge in [-0.1, -0.05) is 25.1 Å². The van der Waals surface area contributed by atoms with Crippen molar-refractivity contribution in [1.82, 2.24) is 4.90 Å². The summed E-state index contributed by atoms with van der Waals surface area (Å²) in [6.07, 6.45) is 1.11. The van der Waals surface area contributed by atoms with Gasteiger partial charge in [-0.15, -0.1) is 0 Å². The molecule has 0 radical (unpaired) electrons. The average Bonchev–Trinajstić information content (AvgIpc) is 2.53. The van der Waals surface area contributed by atoms with Gasteiger partial charge in [0.05, 0.1) is 5.92 Å². The van der Waals surface area contributed by atoms with Gasteiger partial charge in [0.25, 0.3) is 5.91 Å². The predicted molar refractivity (Wildman–Crippen MR) is 82.8 cm³/mol.